The van der Waals surface area contributed by atoms with Crippen LogP contribution in [0.1, 0.15) is 33.4 Å². The van der Waals surface area contributed by atoms with Gasteiger partial charge in [-0.05, 0) is 63.4 Å². The monoisotopic (exact) mass is 317 g/mol. The average Bonchev–Trinajstić information content (AvgIpc) is 2.67. The SMILES string of the molecule is CC1(C)OB(C(F)=Cc2nccc3cc(F)ccc23)OC1(C)C. The quantitative estimate of drug-likeness (QED) is 0.773. The average molecular weight is 317 g/mol. The maximum Gasteiger partial charge on any atom is 0.525 e. The summed E-state index contributed by atoms with van der Waals surface area (Å²) in [6.07, 6.45) is 2.80. The van der Waals surface area contributed by atoms with E-state index in [-0.39, 0.29) is 5.82 Å². The fourth-order valence-corrected chi connectivity index (χ4v) is 2.44. The Morgan fingerprint density at radius 2 is 1.78 bits per heavy atom. The Labute approximate surface area is 134 Å². The fraction of sp³-hybridized carbons (Fsp3) is 0.353. The number of nitrogens with zero attached hydrogens (tertiary/aromatic N) is 1. The lowest BCUT2D eigenvalue weighted by molar-refractivity contribution is 0.00578. The first-order valence-corrected chi connectivity index (χ1v) is 7.47. The standard InChI is InChI=1S/C17H18BF2NO2/c1-16(2)17(3,4)23-18(22-16)15(20)10-14-13-6-5-12(19)9-11(13)7-8-21-14/h5-10H,1-4H3. The van der Waals surface area contributed by atoms with Crippen molar-refractivity contribution in [2.24, 2.45) is 0 Å². The molecule has 1 aliphatic heterocycles. The molecular weight excluding hydrogens is 299 g/mol. The first-order valence-electron chi connectivity index (χ1n) is 7.47. The number of hydrogen-bond acceptors (Lipinski definition) is 3. The Morgan fingerprint density at radius 1 is 1.13 bits per heavy atom. The van der Waals surface area contributed by atoms with Crippen LogP contribution in [0.15, 0.2) is 36.2 Å². The zero-order valence-corrected chi connectivity index (χ0v) is 13.6. The Balaban J connectivity index is 1.96. The maximum absolute atomic E-state index is 14.6. The zero-order valence-electron chi connectivity index (χ0n) is 13.6. The van der Waals surface area contributed by atoms with Crippen LogP contribution >= 0.6 is 0 Å². The third kappa shape index (κ3) is 2.89. The maximum atomic E-state index is 14.6. The summed E-state index contributed by atoms with van der Waals surface area (Å²) in [4.78, 5) is 4.17. The zero-order chi connectivity index (χ0) is 16.8. The van der Waals surface area contributed by atoms with Crippen molar-refractivity contribution in [3.63, 3.8) is 0 Å². The lowest BCUT2D eigenvalue weighted by Gasteiger charge is -2.32. The van der Waals surface area contributed by atoms with Gasteiger partial charge in [-0.1, -0.05) is 0 Å². The summed E-state index contributed by atoms with van der Waals surface area (Å²) in [5.41, 5.74) is -1.38. The summed E-state index contributed by atoms with van der Waals surface area (Å²) in [5, 5.41) is 1.33. The Hall–Kier alpha value is -1.79. The minimum Gasteiger partial charge on any atom is -0.398 e. The molecule has 1 aromatic heterocycles. The van der Waals surface area contributed by atoms with Gasteiger partial charge in [0.15, 0.2) is 0 Å². The first kappa shape index (κ1) is 16.1. The Kier molecular flexibility index (Phi) is 3.77. The normalized spacial score (nSPS) is 20.3. The highest BCUT2D eigenvalue weighted by Gasteiger charge is 2.53. The van der Waals surface area contributed by atoms with Gasteiger partial charge in [0.05, 0.1) is 16.9 Å². The molecule has 1 aromatic carbocycles. The van der Waals surface area contributed by atoms with Crippen LogP contribution in [0.25, 0.3) is 16.8 Å². The van der Waals surface area contributed by atoms with Crippen molar-refractivity contribution < 1.29 is 18.1 Å². The number of pyridine rings is 1. The van der Waals surface area contributed by atoms with Gasteiger partial charge in [-0.15, -0.1) is 0 Å². The molecule has 0 unspecified atom stereocenters. The van der Waals surface area contributed by atoms with Gasteiger partial charge in [-0.2, -0.15) is 0 Å². The fourth-order valence-electron chi connectivity index (χ4n) is 2.44. The van der Waals surface area contributed by atoms with Gasteiger partial charge >= 0.3 is 7.12 Å². The van der Waals surface area contributed by atoms with Crippen LogP contribution in [0.2, 0.25) is 0 Å². The van der Waals surface area contributed by atoms with Crippen LogP contribution in [0.4, 0.5) is 8.78 Å². The van der Waals surface area contributed by atoms with E-state index in [0.29, 0.717) is 16.5 Å². The first-order chi connectivity index (χ1) is 10.7. The lowest BCUT2D eigenvalue weighted by Crippen LogP contribution is -2.41. The molecule has 1 aliphatic rings. The number of rotatable bonds is 2. The highest BCUT2D eigenvalue weighted by molar-refractivity contribution is 6.54. The molecule has 0 radical (unpaired) electrons. The molecule has 2 heterocycles. The number of benzene rings is 1. The molecule has 3 rings (SSSR count). The van der Waals surface area contributed by atoms with Gasteiger partial charge in [0.2, 0.25) is 0 Å². The number of fused-ring (bicyclic) bond motifs is 1. The number of hydrogen-bond donors (Lipinski definition) is 0. The molecule has 120 valence electrons. The van der Waals surface area contributed by atoms with Gasteiger partial charge in [0, 0.05) is 11.6 Å². The molecule has 0 aliphatic carbocycles. The molecule has 23 heavy (non-hydrogen) atoms. The van der Waals surface area contributed by atoms with Gasteiger partial charge in [0.1, 0.15) is 11.5 Å². The minimum atomic E-state index is -1.07. The predicted molar refractivity (Wildman–Crippen MR) is 86.9 cm³/mol. The third-order valence-corrected chi connectivity index (χ3v) is 4.51. The van der Waals surface area contributed by atoms with E-state index >= 15 is 0 Å². The number of aromatic nitrogens is 1. The van der Waals surface area contributed by atoms with Crippen molar-refractivity contribution in [2.75, 3.05) is 0 Å². The van der Waals surface area contributed by atoms with E-state index in [9.17, 15) is 8.78 Å². The topological polar surface area (TPSA) is 31.4 Å². The second kappa shape index (κ2) is 5.39. The number of halogens is 2. The molecule has 1 fully saturated rings. The van der Waals surface area contributed by atoms with E-state index in [1.807, 2.05) is 27.7 Å². The summed E-state index contributed by atoms with van der Waals surface area (Å²) in [6.45, 7) is 7.44. The van der Waals surface area contributed by atoms with Gasteiger partial charge in [-0.25, -0.2) is 8.78 Å². The van der Waals surface area contributed by atoms with Gasteiger partial charge in [0.25, 0.3) is 0 Å². The third-order valence-electron chi connectivity index (χ3n) is 4.51. The predicted octanol–water partition coefficient (Wildman–Crippen LogP) is 4.32. The van der Waals surface area contributed by atoms with Crippen LogP contribution in [0, 0.1) is 5.82 Å². The molecule has 3 nitrogen and oxygen atoms in total. The van der Waals surface area contributed by atoms with Crippen molar-refractivity contribution in [1.29, 1.82) is 0 Å². The highest BCUT2D eigenvalue weighted by atomic mass is 19.1. The van der Waals surface area contributed by atoms with Gasteiger partial charge < -0.3 is 9.31 Å². The molecule has 0 amide bonds. The molecule has 2 aromatic rings. The second-order valence-electron chi connectivity index (χ2n) is 6.68. The van der Waals surface area contributed by atoms with E-state index in [2.05, 4.69) is 4.98 Å². The molecule has 0 N–H and O–H groups in total. The smallest absolute Gasteiger partial charge is 0.398 e. The van der Waals surface area contributed by atoms with Crippen molar-refractivity contribution in [2.45, 2.75) is 38.9 Å². The van der Waals surface area contributed by atoms with Crippen LogP contribution in [0.3, 0.4) is 0 Å². The second-order valence-corrected chi connectivity index (χ2v) is 6.68. The van der Waals surface area contributed by atoms with E-state index in [4.69, 9.17) is 9.31 Å². The van der Waals surface area contributed by atoms with Crippen molar-refractivity contribution in [3.8, 4) is 0 Å². The summed E-state index contributed by atoms with van der Waals surface area (Å²) >= 11 is 0. The van der Waals surface area contributed by atoms with E-state index in [1.54, 1.807) is 12.1 Å². The van der Waals surface area contributed by atoms with E-state index in [0.717, 1.165) is 0 Å². The Bertz CT molecular complexity index is 773. The molecule has 0 spiro atoms. The summed E-state index contributed by atoms with van der Waals surface area (Å²) in [7, 11) is -1.07. The summed E-state index contributed by atoms with van der Waals surface area (Å²) in [6, 6.07) is 5.98. The van der Waals surface area contributed by atoms with Crippen LogP contribution in [-0.4, -0.2) is 23.3 Å². The van der Waals surface area contributed by atoms with Crippen molar-refractivity contribution >= 4 is 24.0 Å². The van der Waals surface area contributed by atoms with Crippen LogP contribution in [-0.2, 0) is 9.31 Å². The van der Waals surface area contributed by atoms with E-state index < -0.39 is 24.0 Å². The largest absolute Gasteiger partial charge is 0.525 e. The highest BCUT2D eigenvalue weighted by Crippen LogP contribution is 2.39. The van der Waals surface area contributed by atoms with Crippen LogP contribution < -0.4 is 0 Å². The van der Waals surface area contributed by atoms with Crippen LogP contribution in [0.5, 0.6) is 0 Å². The minimum absolute atomic E-state index is 0.343. The molecular formula is C17H18BF2NO2. The lowest BCUT2D eigenvalue weighted by atomic mass is 9.87. The molecule has 0 saturated carbocycles. The Morgan fingerprint density at radius 3 is 2.43 bits per heavy atom. The molecule has 6 heteroatoms. The molecule has 0 bridgehead atoms. The van der Waals surface area contributed by atoms with Crippen molar-refractivity contribution in [1.82, 2.24) is 4.98 Å². The van der Waals surface area contributed by atoms with E-state index in [1.165, 1.54) is 24.4 Å². The summed E-state index contributed by atoms with van der Waals surface area (Å²) in [5.74, 6) is -0.343. The van der Waals surface area contributed by atoms with Gasteiger partial charge in [-0.3, -0.25) is 4.98 Å². The molecule has 1 saturated heterocycles. The summed E-state index contributed by atoms with van der Waals surface area (Å²) < 4.78 is 39.2. The molecule has 0 atom stereocenters. The van der Waals surface area contributed by atoms with Crippen molar-refractivity contribution in [3.05, 3.63) is 47.7 Å².